The van der Waals surface area contributed by atoms with Gasteiger partial charge in [-0.15, -0.1) is 0 Å². The number of anilines is 1. The average Bonchev–Trinajstić information content (AvgIpc) is 2.63. The number of methoxy groups -OCH3 is 1. The summed E-state index contributed by atoms with van der Waals surface area (Å²) in [5.41, 5.74) is 1.11. The number of para-hydroxylation sites is 2. The Morgan fingerprint density at radius 3 is 2.42 bits per heavy atom. The summed E-state index contributed by atoms with van der Waals surface area (Å²) in [4.78, 5) is 16.7. The maximum absolute atomic E-state index is 12.5. The number of ether oxygens (including phenoxy) is 1. The summed E-state index contributed by atoms with van der Waals surface area (Å²) in [5.74, 6) is 1.70. The summed E-state index contributed by atoms with van der Waals surface area (Å²) in [6.45, 7) is 5.50. The molecule has 0 atom stereocenters. The minimum absolute atomic E-state index is 0.106. The van der Waals surface area contributed by atoms with Gasteiger partial charge in [-0.25, -0.2) is 4.79 Å². The molecule has 1 saturated heterocycles. The highest BCUT2D eigenvalue weighted by molar-refractivity contribution is 5.75. The van der Waals surface area contributed by atoms with Gasteiger partial charge in [0.1, 0.15) is 5.75 Å². The van der Waals surface area contributed by atoms with Crippen LogP contribution in [0.15, 0.2) is 24.3 Å². The second-order valence-corrected chi connectivity index (χ2v) is 7.05. The number of nitrogens with zero attached hydrogens (tertiary/aromatic N) is 2. The van der Waals surface area contributed by atoms with E-state index in [0.717, 1.165) is 56.4 Å². The van der Waals surface area contributed by atoms with Gasteiger partial charge in [-0.05, 0) is 43.7 Å². The van der Waals surface area contributed by atoms with Crippen molar-refractivity contribution in [2.75, 3.05) is 38.2 Å². The molecule has 24 heavy (non-hydrogen) atoms. The largest absolute Gasteiger partial charge is 0.495 e. The summed E-state index contributed by atoms with van der Waals surface area (Å²) >= 11 is 0. The molecule has 5 heteroatoms. The Morgan fingerprint density at radius 2 is 1.75 bits per heavy atom. The van der Waals surface area contributed by atoms with Crippen molar-refractivity contribution >= 4 is 11.7 Å². The van der Waals surface area contributed by atoms with Crippen molar-refractivity contribution in [2.24, 2.45) is 5.92 Å². The minimum Gasteiger partial charge on any atom is -0.495 e. The number of amides is 2. The van der Waals surface area contributed by atoms with Gasteiger partial charge < -0.3 is 19.9 Å². The van der Waals surface area contributed by atoms with Crippen LogP contribution in [0.5, 0.6) is 5.75 Å². The Balaban J connectivity index is 1.50. The van der Waals surface area contributed by atoms with E-state index in [4.69, 9.17) is 4.74 Å². The summed E-state index contributed by atoms with van der Waals surface area (Å²) in [7, 11) is 1.70. The number of rotatable bonds is 3. The zero-order valence-electron chi connectivity index (χ0n) is 14.8. The first-order chi connectivity index (χ1) is 11.7. The number of nitrogens with one attached hydrogen (secondary N) is 1. The van der Waals surface area contributed by atoms with E-state index in [9.17, 15) is 4.79 Å². The van der Waals surface area contributed by atoms with E-state index in [1.165, 1.54) is 12.8 Å². The zero-order valence-corrected chi connectivity index (χ0v) is 14.8. The van der Waals surface area contributed by atoms with E-state index in [1.807, 2.05) is 23.1 Å². The summed E-state index contributed by atoms with van der Waals surface area (Å²) in [6, 6.07) is 8.55. The summed E-state index contributed by atoms with van der Waals surface area (Å²) in [6.07, 6.45) is 4.70. The molecule has 2 aliphatic rings. The van der Waals surface area contributed by atoms with E-state index in [2.05, 4.69) is 23.2 Å². The van der Waals surface area contributed by atoms with Crippen LogP contribution in [0, 0.1) is 5.92 Å². The molecule has 0 spiro atoms. The molecule has 132 valence electrons. The van der Waals surface area contributed by atoms with Crippen molar-refractivity contribution in [2.45, 2.75) is 38.6 Å². The summed E-state index contributed by atoms with van der Waals surface area (Å²) < 4.78 is 5.45. The SMILES string of the molecule is COc1ccccc1N1CCN(C(=O)NC2CCC(C)CC2)CC1. The number of hydrogen-bond donors (Lipinski definition) is 1. The first-order valence-electron chi connectivity index (χ1n) is 9.10. The number of hydrogen-bond acceptors (Lipinski definition) is 3. The molecule has 1 heterocycles. The van der Waals surface area contributed by atoms with E-state index < -0.39 is 0 Å². The van der Waals surface area contributed by atoms with Crippen LogP contribution in [0.25, 0.3) is 0 Å². The molecule has 2 fully saturated rings. The Morgan fingerprint density at radius 1 is 1.08 bits per heavy atom. The Kier molecular flexibility index (Phi) is 5.48. The predicted octanol–water partition coefficient (Wildman–Crippen LogP) is 3.11. The van der Waals surface area contributed by atoms with Crippen LogP contribution in [0.1, 0.15) is 32.6 Å². The number of benzene rings is 1. The Hall–Kier alpha value is -1.91. The van der Waals surface area contributed by atoms with Crippen LogP contribution < -0.4 is 15.0 Å². The van der Waals surface area contributed by atoms with Crippen LogP contribution in [-0.4, -0.2) is 50.3 Å². The van der Waals surface area contributed by atoms with Gasteiger partial charge in [0.25, 0.3) is 0 Å². The van der Waals surface area contributed by atoms with Gasteiger partial charge in [0.2, 0.25) is 0 Å². The van der Waals surface area contributed by atoms with Gasteiger partial charge >= 0.3 is 6.03 Å². The van der Waals surface area contributed by atoms with Crippen molar-refractivity contribution < 1.29 is 9.53 Å². The number of carbonyl (C=O) groups is 1. The normalized spacial score (nSPS) is 24.6. The monoisotopic (exact) mass is 331 g/mol. The third-order valence-corrected chi connectivity index (χ3v) is 5.34. The molecule has 0 radical (unpaired) electrons. The molecular formula is C19H29N3O2. The van der Waals surface area contributed by atoms with Crippen molar-refractivity contribution in [1.29, 1.82) is 0 Å². The molecule has 5 nitrogen and oxygen atoms in total. The molecule has 1 saturated carbocycles. The fourth-order valence-corrected chi connectivity index (χ4v) is 3.71. The molecule has 0 unspecified atom stereocenters. The van der Waals surface area contributed by atoms with Gasteiger partial charge in [0.15, 0.2) is 0 Å². The highest BCUT2D eigenvalue weighted by Crippen LogP contribution is 2.28. The van der Waals surface area contributed by atoms with Crippen molar-refractivity contribution in [3.63, 3.8) is 0 Å². The summed E-state index contributed by atoms with van der Waals surface area (Å²) in [5, 5.41) is 3.23. The third-order valence-electron chi connectivity index (χ3n) is 5.34. The highest BCUT2D eigenvalue weighted by Gasteiger charge is 2.25. The van der Waals surface area contributed by atoms with Gasteiger partial charge in [-0.3, -0.25) is 0 Å². The molecule has 1 N–H and O–H groups in total. The number of carbonyl (C=O) groups excluding carboxylic acids is 1. The molecule has 0 aromatic heterocycles. The molecule has 3 rings (SSSR count). The maximum atomic E-state index is 12.5. The molecule has 2 amide bonds. The van der Waals surface area contributed by atoms with Crippen molar-refractivity contribution in [3.05, 3.63) is 24.3 Å². The predicted molar refractivity (Wildman–Crippen MR) is 96.7 cm³/mol. The third kappa shape index (κ3) is 3.94. The van der Waals surface area contributed by atoms with E-state index in [1.54, 1.807) is 7.11 Å². The first kappa shape index (κ1) is 16.9. The lowest BCUT2D eigenvalue weighted by Gasteiger charge is -2.37. The molecule has 1 aliphatic heterocycles. The quantitative estimate of drug-likeness (QED) is 0.926. The Labute approximate surface area is 145 Å². The van der Waals surface area contributed by atoms with Crippen LogP contribution in [0.4, 0.5) is 10.5 Å². The Bertz CT molecular complexity index is 547. The van der Waals surface area contributed by atoms with E-state index in [-0.39, 0.29) is 6.03 Å². The van der Waals surface area contributed by atoms with Gasteiger partial charge in [0.05, 0.1) is 12.8 Å². The highest BCUT2D eigenvalue weighted by atomic mass is 16.5. The lowest BCUT2D eigenvalue weighted by atomic mass is 9.87. The molecule has 1 aliphatic carbocycles. The second kappa shape index (κ2) is 7.77. The van der Waals surface area contributed by atoms with Crippen LogP contribution in [-0.2, 0) is 0 Å². The maximum Gasteiger partial charge on any atom is 0.317 e. The van der Waals surface area contributed by atoms with Gasteiger partial charge in [-0.1, -0.05) is 19.1 Å². The fraction of sp³-hybridized carbons (Fsp3) is 0.632. The molecule has 1 aromatic carbocycles. The zero-order chi connectivity index (χ0) is 16.9. The molecule has 0 bridgehead atoms. The van der Waals surface area contributed by atoms with Crippen LogP contribution in [0.3, 0.4) is 0 Å². The minimum atomic E-state index is 0.106. The average molecular weight is 331 g/mol. The van der Waals surface area contributed by atoms with E-state index >= 15 is 0 Å². The second-order valence-electron chi connectivity index (χ2n) is 7.05. The number of urea groups is 1. The van der Waals surface area contributed by atoms with E-state index in [0.29, 0.717) is 6.04 Å². The van der Waals surface area contributed by atoms with Crippen molar-refractivity contribution in [3.8, 4) is 5.75 Å². The number of piperazine rings is 1. The van der Waals surface area contributed by atoms with Crippen LogP contribution in [0.2, 0.25) is 0 Å². The van der Waals surface area contributed by atoms with Crippen molar-refractivity contribution in [1.82, 2.24) is 10.2 Å². The van der Waals surface area contributed by atoms with Gasteiger partial charge in [-0.2, -0.15) is 0 Å². The smallest absolute Gasteiger partial charge is 0.317 e. The first-order valence-corrected chi connectivity index (χ1v) is 9.10. The molecular weight excluding hydrogens is 302 g/mol. The lowest BCUT2D eigenvalue weighted by molar-refractivity contribution is 0.184. The van der Waals surface area contributed by atoms with Gasteiger partial charge in [0, 0.05) is 32.2 Å². The topological polar surface area (TPSA) is 44.8 Å². The fourth-order valence-electron chi connectivity index (χ4n) is 3.71. The van der Waals surface area contributed by atoms with Crippen LogP contribution >= 0.6 is 0 Å². The molecule has 1 aromatic rings. The lowest BCUT2D eigenvalue weighted by Crippen LogP contribution is -2.53. The standard InChI is InChI=1S/C19H29N3O2/c1-15-7-9-16(10-8-15)20-19(23)22-13-11-21(12-14-22)17-5-3-4-6-18(17)24-2/h3-6,15-16H,7-14H2,1-2H3,(H,20,23).